The summed E-state index contributed by atoms with van der Waals surface area (Å²) in [6.45, 7) is 13.7. The first-order valence-electron chi connectivity index (χ1n) is 13.1. The Hall–Kier alpha value is -2.57. The highest BCUT2D eigenvalue weighted by molar-refractivity contribution is 5.90. The highest BCUT2D eigenvalue weighted by atomic mass is 16.6. The minimum atomic E-state index is -0.770. The van der Waals surface area contributed by atoms with Crippen LogP contribution in [0.4, 0.5) is 4.79 Å². The van der Waals surface area contributed by atoms with E-state index >= 15 is 0 Å². The summed E-state index contributed by atoms with van der Waals surface area (Å²) >= 11 is 0. The predicted octanol–water partition coefficient (Wildman–Crippen LogP) is 5.66. The maximum atomic E-state index is 13.5. The van der Waals surface area contributed by atoms with Gasteiger partial charge in [-0.15, -0.1) is 0 Å². The third-order valence-corrected chi connectivity index (χ3v) is 5.63. The molecule has 2 N–H and O–H groups in total. The lowest BCUT2D eigenvalue weighted by Gasteiger charge is -2.33. The lowest BCUT2D eigenvalue weighted by molar-refractivity contribution is -0.140. The van der Waals surface area contributed by atoms with Gasteiger partial charge in [-0.3, -0.25) is 9.59 Å². The first-order chi connectivity index (χ1) is 16.5. The third-order valence-electron chi connectivity index (χ3n) is 5.63. The van der Waals surface area contributed by atoms with E-state index in [1.165, 1.54) is 0 Å². The summed E-state index contributed by atoms with van der Waals surface area (Å²) in [5, 5.41) is 5.66. The largest absolute Gasteiger partial charge is 0.444 e. The number of amides is 3. The summed E-state index contributed by atoms with van der Waals surface area (Å²) < 4.78 is 5.28. The zero-order valence-corrected chi connectivity index (χ0v) is 22.9. The molecule has 0 spiro atoms. The minimum Gasteiger partial charge on any atom is -0.444 e. The van der Waals surface area contributed by atoms with Gasteiger partial charge in [0, 0.05) is 12.6 Å². The number of nitrogens with zero attached hydrogens (tertiary/aromatic N) is 1. The van der Waals surface area contributed by atoms with Crippen molar-refractivity contribution >= 4 is 17.9 Å². The number of alkyl carbamates (subject to hydrolysis) is 1. The van der Waals surface area contributed by atoms with Crippen LogP contribution in [0.1, 0.15) is 104 Å². The van der Waals surface area contributed by atoms with Crippen molar-refractivity contribution in [1.82, 2.24) is 15.5 Å². The molecular formula is C28H47N3O4. The normalized spacial score (nSPS) is 13.0. The topological polar surface area (TPSA) is 87.7 Å². The number of ether oxygens (including phenoxy) is 1. The van der Waals surface area contributed by atoms with Gasteiger partial charge in [-0.1, -0.05) is 75.8 Å². The van der Waals surface area contributed by atoms with Crippen LogP contribution in [0, 0.1) is 6.92 Å². The SMILES string of the molecule is CCCCCCCN(C(=O)CNC(=O)OC(C)(C)C)C(C(=O)NC(C)CCC)c1cccc(C)c1. The van der Waals surface area contributed by atoms with Gasteiger partial charge in [0.05, 0.1) is 0 Å². The van der Waals surface area contributed by atoms with E-state index in [2.05, 4.69) is 24.5 Å². The maximum absolute atomic E-state index is 13.5. The first-order valence-corrected chi connectivity index (χ1v) is 13.1. The zero-order valence-electron chi connectivity index (χ0n) is 22.9. The summed E-state index contributed by atoms with van der Waals surface area (Å²) in [6, 6.07) is 6.95. The maximum Gasteiger partial charge on any atom is 0.408 e. The molecule has 0 saturated carbocycles. The lowest BCUT2D eigenvalue weighted by Crippen LogP contribution is -2.49. The fourth-order valence-electron chi connectivity index (χ4n) is 3.99. The summed E-state index contributed by atoms with van der Waals surface area (Å²) in [5.41, 5.74) is 1.13. The zero-order chi connectivity index (χ0) is 26.4. The molecule has 0 aromatic heterocycles. The molecule has 0 heterocycles. The predicted molar refractivity (Wildman–Crippen MR) is 141 cm³/mol. The van der Waals surface area contributed by atoms with Crippen molar-refractivity contribution in [2.45, 2.75) is 111 Å². The van der Waals surface area contributed by atoms with Crippen molar-refractivity contribution in [3.8, 4) is 0 Å². The molecule has 0 radical (unpaired) electrons. The second-order valence-electron chi connectivity index (χ2n) is 10.4. The number of unbranched alkanes of at least 4 members (excludes halogenated alkanes) is 4. The Bertz CT molecular complexity index is 804. The molecule has 1 rings (SSSR count). The van der Waals surface area contributed by atoms with Gasteiger partial charge in [-0.05, 0) is 53.0 Å². The molecule has 3 amide bonds. The molecule has 0 aliphatic rings. The average Bonchev–Trinajstić information content (AvgIpc) is 2.75. The molecule has 2 atom stereocenters. The Balaban J connectivity index is 3.18. The van der Waals surface area contributed by atoms with Crippen LogP contribution in [0.2, 0.25) is 0 Å². The summed E-state index contributed by atoms with van der Waals surface area (Å²) in [4.78, 5) is 40.7. The van der Waals surface area contributed by atoms with Gasteiger partial charge in [0.25, 0.3) is 0 Å². The number of benzene rings is 1. The molecular weight excluding hydrogens is 442 g/mol. The van der Waals surface area contributed by atoms with E-state index in [-0.39, 0.29) is 24.4 Å². The fraction of sp³-hybridized carbons (Fsp3) is 0.679. The Kier molecular flexibility index (Phi) is 13.4. The number of rotatable bonds is 14. The van der Waals surface area contributed by atoms with E-state index in [1.807, 2.05) is 38.1 Å². The van der Waals surface area contributed by atoms with Gasteiger partial charge in [0.1, 0.15) is 18.2 Å². The Morgan fingerprint density at radius 1 is 1.03 bits per heavy atom. The summed E-state index contributed by atoms with van der Waals surface area (Å²) in [7, 11) is 0. The van der Waals surface area contributed by atoms with Crippen molar-refractivity contribution in [3.05, 3.63) is 35.4 Å². The fourth-order valence-corrected chi connectivity index (χ4v) is 3.99. The quantitative estimate of drug-likeness (QED) is 0.330. The standard InChI is InChI=1S/C28H47N3O4/c1-8-10-11-12-13-18-31(24(32)20-29-27(34)35-28(5,6)7)25(23-17-14-16-21(3)19-23)26(33)30-22(4)15-9-2/h14,16-17,19,22,25H,8-13,15,18,20H2,1-7H3,(H,29,34)(H,30,33). The number of carbonyl (C=O) groups is 3. The Morgan fingerprint density at radius 3 is 2.31 bits per heavy atom. The minimum absolute atomic E-state index is 0.00111. The Morgan fingerprint density at radius 2 is 1.71 bits per heavy atom. The molecule has 0 aliphatic heterocycles. The molecule has 0 saturated heterocycles. The molecule has 7 nitrogen and oxygen atoms in total. The third kappa shape index (κ3) is 12.1. The van der Waals surface area contributed by atoms with E-state index in [9.17, 15) is 14.4 Å². The van der Waals surface area contributed by atoms with E-state index in [1.54, 1.807) is 25.7 Å². The van der Waals surface area contributed by atoms with Crippen molar-refractivity contribution in [3.63, 3.8) is 0 Å². The van der Waals surface area contributed by atoms with E-state index in [4.69, 9.17) is 4.74 Å². The molecule has 7 heteroatoms. The van der Waals surface area contributed by atoms with Gasteiger partial charge < -0.3 is 20.3 Å². The summed E-state index contributed by atoms with van der Waals surface area (Å²) in [5.74, 6) is -0.508. The number of aryl methyl sites for hydroxylation is 1. The van der Waals surface area contributed by atoms with Gasteiger partial charge in [-0.25, -0.2) is 4.79 Å². The van der Waals surface area contributed by atoms with Crippen molar-refractivity contribution < 1.29 is 19.1 Å². The number of carbonyl (C=O) groups excluding carboxylic acids is 3. The van der Waals surface area contributed by atoms with Gasteiger partial charge >= 0.3 is 6.09 Å². The van der Waals surface area contributed by atoms with Gasteiger partial charge in [0.2, 0.25) is 11.8 Å². The first kappa shape index (κ1) is 30.5. The Labute approximate surface area is 212 Å². The van der Waals surface area contributed by atoms with Crippen LogP contribution < -0.4 is 10.6 Å². The van der Waals surface area contributed by atoms with Crippen LogP contribution in [0.3, 0.4) is 0 Å². The van der Waals surface area contributed by atoms with Crippen LogP contribution in [0.25, 0.3) is 0 Å². The van der Waals surface area contributed by atoms with Crippen LogP contribution in [-0.2, 0) is 14.3 Å². The smallest absolute Gasteiger partial charge is 0.408 e. The number of hydrogen-bond acceptors (Lipinski definition) is 4. The van der Waals surface area contributed by atoms with Crippen LogP contribution in [0.5, 0.6) is 0 Å². The van der Waals surface area contributed by atoms with Gasteiger partial charge in [0.15, 0.2) is 0 Å². The van der Waals surface area contributed by atoms with Crippen molar-refractivity contribution in [2.75, 3.05) is 13.1 Å². The monoisotopic (exact) mass is 489 g/mol. The van der Waals surface area contributed by atoms with E-state index in [0.717, 1.165) is 56.1 Å². The van der Waals surface area contributed by atoms with Crippen LogP contribution in [0.15, 0.2) is 24.3 Å². The highest BCUT2D eigenvalue weighted by Gasteiger charge is 2.32. The highest BCUT2D eigenvalue weighted by Crippen LogP contribution is 2.24. The second-order valence-corrected chi connectivity index (χ2v) is 10.4. The van der Waals surface area contributed by atoms with Crippen LogP contribution >= 0.6 is 0 Å². The van der Waals surface area contributed by atoms with Crippen molar-refractivity contribution in [2.24, 2.45) is 0 Å². The van der Waals surface area contributed by atoms with E-state index < -0.39 is 17.7 Å². The molecule has 0 fully saturated rings. The molecule has 35 heavy (non-hydrogen) atoms. The number of nitrogens with one attached hydrogen (secondary N) is 2. The van der Waals surface area contributed by atoms with E-state index in [0.29, 0.717) is 6.54 Å². The number of hydrogen-bond donors (Lipinski definition) is 2. The molecule has 198 valence electrons. The molecule has 0 bridgehead atoms. The second kappa shape index (κ2) is 15.4. The lowest BCUT2D eigenvalue weighted by atomic mass is 10.0. The van der Waals surface area contributed by atoms with Crippen LogP contribution in [-0.4, -0.2) is 47.5 Å². The summed E-state index contributed by atoms with van der Waals surface area (Å²) in [6.07, 6.45) is 6.29. The van der Waals surface area contributed by atoms with Gasteiger partial charge in [-0.2, -0.15) is 0 Å². The van der Waals surface area contributed by atoms with Crippen molar-refractivity contribution in [1.29, 1.82) is 0 Å². The molecule has 0 aliphatic carbocycles. The molecule has 2 unspecified atom stereocenters. The average molecular weight is 490 g/mol. The molecule has 1 aromatic rings. The molecule has 1 aromatic carbocycles.